The van der Waals surface area contributed by atoms with Crippen molar-refractivity contribution in [3.05, 3.63) is 28.7 Å². The Hall–Kier alpha value is -1.17. The first kappa shape index (κ1) is 11.0. The molecule has 90 valence electrons. The molecule has 17 heavy (non-hydrogen) atoms. The van der Waals surface area contributed by atoms with Crippen molar-refractivity contribution in [1.29, 1.82) is 0 Å². The van der Waals surface area contributed by atoms with Crippen LogP contribution in [0.1, 0.15) is 5.69 Å². The van der Waals surface area contributed by atoms with Gasteiger partial charge in [-0.3, -0.25) is 4.90 Å². The second-order valence-corrected chi connectivity index (χ2v) is 5.08. The van der Waals surface area contributed by atoms with E-state index in [9.17, 15) is 0 Å². The zero-order valence-corrected chi connectivity index (χ0v) is 10.5. The van der Waals surface area contributed by atoms with Crippen molar-refractivity contribution in [3.8, 4) is 11.4 Å². The van der Waals surface area contributed by atoms with Crippen LogP contribution in [0.5, 0.6) is 0 Å². The van der Waals surface area contributed by atoms with Gasteiger partial charge in [0.05, 0.1) is 0 Å². The van der Waals surface area contributed by atoms with Gasteiger partial charge in [-0.2, -0.15) is 11.3 Å². The predicted molar refractivity (Wildman–Crippen MR) is 70.0 cm³/mol. The summed E-state index contributed by atoms with van der Waals surface area (Å²) in [6.45, 7) is 5.38. The van der Waals surface area contributed by atoms with E-state index < -0.39 is 0 Å². The first-order chi connectivity index (χ1) is 8.42. The Morgan fingerprint density at radius 1 is 1.35 bits per heavy atom. The van der Waals surface area contributed by atoms with Crippen LogP contribution in [-0.2, 0) is 6.54 Å². The number of aromatic nitrogens is 2. The van der Waals surface area contributed by atoms with Gasteiger partial charge < -0.3 is 10.3 Å². The number of piperazine rings is 1. The molecule has 3 rings (SSSR count). The van der Waals surface area contributed by atoms with E-state index in [2.05, 4.69) is 37.0 Å². The molecule has 0 spiro atoms. The fourth-order valence-corrected chi connectivity index (χ4v) is 2.74. The molecule has 0 aromatic carbocycles. The van der Waals surface area contributed by atoms with Crippen LogP contribution in [0.15, 0.2) is 23.0 Å². The molecule has 4 nitrogen and oxygen atoms in total. The average molecular weight is 248 g/mol. The maximum absolute atomic E-state index is 4.43. The summed E-state index contributed by atoms with van der Waals surface area (Å²) in [6.07, 6.45) is 1.95. The van der Waals surface area contributed by atoms with Gasteiger partial charge in [-0.05, 0) is 11.4 Å². The molecule has 0 aliphatic carbocycles. The lowest BCUT2D eigenvalue weighted by Gasteiger charge is -2.26. The number of thiophene rings is 1. The lowest BCUT2D eigenvalue weighted by atomic mass is 10.3. The van der Waals surface area contributed by atoms with E-state index in [0.717, 1.165) is 38.5 Å². The zero-order chi connectivity index (χ0) is 11.5. The Bertz CT molecular complexity index is 457. The van der Waals surface area contributed by atoms with Crippen LogP contribution in [0.25, 0.3) is 11.4 Å². The molecule has 1 saturated heterocycles. The first-order valence-corrected chi connectivity index (χ1v) is 6.85. The number of nitrogens with one attached hydrogen (secondary N) is 2. The maximum atomic E-state index is 4.43. The molecular weight excluding hydrogens is 232 g/mol. The second kappa shape index (κ2) is 5.00. The van der Waals surface area contributed by atoms with Gasteiger partial charge >= 0.3 is 0 Å². The molecule has 0 saturated carbocycles. The lowest BCUT2D eigenvalue weighted by molar-refractivity contribution is 0.231. The van der Waals surface area contributed by atoms with Crippen molar-refractivity contribution in [2.24, 2.45) is 0 Å². The lowest BCUT2D eigenvalue weighted by Crippen LogP contribution is -2.42. The van der Waals surface area contributed by atoms with Gasteiger partial charge in [0.15, 0.2) is 0 Å². The monoisotopic (exact) mass is 248 g/mol. The molecule has 0 bridgehead atoms. The number of nitrogens with zero attached hydrogens (tertiary/aromatic N) is 2. The normalized spacial score (nSPS) is 17.4. The van der Waals surface area contributed by atoms with E-state index >= 15 is 0 Å². The number of hydrogen-bond donors (Lipinski definition) is 2. The molecule has 1 aliphatic rings. The van der Waals surface area contributed by atoms with Crippen molar-refractivity contribution in [1.82, 2.24) is 20.2 Å². The number of imidazole rings is 1. The Kier molecular flexibility index (Phi) is 3.22. The topological polar surface area (TPSA) is 44.0 Å². The Morgan fingerprint density at radius 3 is 3.00 bits per heavy atom. The van der Waals surface area contributed by atoms with E-state index in [0.29, 0.717) is 0 Å². The van der Waals surface area contributed by atoms with E-state index in [1.807, 2.05) is 6.20 Å². The SMILES string of the molecule is c1cc(-c2ncc(CN3CCNCC3)[nH]2)cs1. The number of rotatable bonds is 3. The van der Waals surface area contributed by atoms with Crippen LogP contribution in [-0.4, -0.2) is 41.0 Å². The largest absolute Gasteiger partial charge is 0.341 e. The summed E-state index contributed by atoms with van der Waals surface area (Å²) < 4.78 is 0. The smallest absolute Gasteiger partial charge is 0.138 e. The highest BCUT2D eigenvalue weighted by atomic mass is 32.1. The van der Waals surface area contributed by atoms with Gasteiger partial charge in [0.2, 0.25) is 0 Å². The summed E-state index contributed by atoms with van der Waals surface area (Å²) in [7, 11) is 0. The highest BCUT2D eigenvalue weighted by Gasteiger charge is 2.11. The van der Waals surface area contributed by atoms with Gasteiger partial charge in [0.1, 0.15) is 5.82 Å². The number of aromatic amines is 1. The molecule has 1 fully saturated rings. The van der Waals surface area contributed by atoms with Crippen LogP contribution in [0.4, 0.5) is 0 Å². The number of H-pyrrole nitrogens is 1. The summed E-state index contributed by atoms with van der Waals surface area (Å²) in [5.74, 6) is 0.983. The minimum Gasteiger partial charge on any atom is -0.341 e. The minimum absolute atomic E-state index is 0.971. The second-order valence-electron chi connectivity index (χ2n) is 4.30. The molecule has 2 aromatic rings. The van der Waals surface area contributed by atoms with E-state index in [1.165, 1.54) is 11.3 Å². The van der Waals surface area contributed by atoms with Crippen molar-refractivity contribution in [2.45, 2.75) is 6.54 Å². The Labute approximate surface area is 105 Å². The third-order valence-corrected chi connectivity index (χ3v) is 3.71. The van der Waals surface area contributed by atoms with Gasteiger partial charge in [0, 0.05) is 55.6 Å². The van der Waals surface area contributed by atoms with Crippen molar-refractivity contribution in [2.75, 3.05) is 26.2 Å². The first-order valence-electron chi connectivity index (χ1n) is 5.91. The van der Waals surface area contributed by atoms with E-state index in [1.54, 1.807) is 11.3 Å². The van der Waals surface area contributed by atoms with Crippen molar-refractivity contribution < 1.29 is 0 Å². The van der Waals surface area contributed by atoms with Crippen molar-refractivity contribution in [3.63, 3.8) is 0 Å². The van der Waals surface area contributed by atoms with Crippen LogP contribution >= 0.6 is 11.3 Å². The summed E-state index contributed by atoms with van der Waals surface area (Å²) >= 11 is 1.70. The summed E-state index contributed by atoms with van der Waals surface area (Å²) in [4.78, 5) is 10.3. The maximum Gasteiger partial charge on any atom is 0.138 e. The fourth-order valence-electron chi connectivity index (χ4n) is 2.10. The number of hydrogen-bond acceptors (Lipinski definition) is 4. The van der Waals surface area contributed by atoms with E-state index in [-0.39, 0.29) is 0 Å². The molecule has 2 N–H and O–H groups in total. The molecule has 2 aromatic heterocycles. The molecule has 3 heterocycles. The highest BCUT2D eigenvalue weighted by molar-refractivity contribution is 7.08. The quantitative estimate of drug-likeness (QED) is 0.866. The predicted octanol–water partition coefficient (Wildman–Crippen LogP) is 1.54. The van der Waals surface area contributed by atoms with Crippen LogP contribution in [0.2, 0.25) is 0 Å². The van der Waals surface area contributed by atoms with Gasteiger partial charge in [-0.25, -0.2) is 4.98 Å². The summed E-state index contributed by atoms with van der Waals surface area (Å²) in [5.41, 5.74) is 2.38. The Morgan fingerprint density at radius 2 is 2.24 bits per heavy atom. The fraction of sp³-hybridized carbons (Fsp3) is 0.417. The van der Waals surface area contributed by atoms with Gasteiger partial charge in [-0.1, -0.05) is 0 Å². The van der Waals surface area contributed by atoms with Crippen LogP contribution in [0, 0.1) is 0 Å². The van der Waals surface area contributed by atoms with Crippen LogP contribution in [0.3, 0.4) is 0 Å². The summed E-state index contributed by atoms with van der Waals surface area (Å²) in [6, 6.07) is 2.10. The molecule has 1 aliphatic heterocycles. The minimum atomic E-state index is 0.971. The van der Waals surface area contributed by atoms with E-state index in [4.69, 9.17) is 0 Å². The molecule has 0 radical (unpaired) electrons. The standard InChI is InChI=1S/C12H16N4S/c1-6-17-9-10(1)12-14-7-11(15-12)8-16-4-2-13-3-5-16/h1,6-7,9,13H,2-5,8H2,(H,14,15). The molecule has 0 atom stereocenters. The third-order valence-electron chi connectivity index (χ3n) is 3.03. The zero-order valence-electron chi connectivity index (χ0n) is 9.65. The molecule has 5 heteroatoms. The van der Waals surface area contributed by atoms with Gasteiger partial charge in [-0.15, -0.1) is 0 Å². The highest BCUT2D eigenvalue weighted by Crippen LogP contribution is 2.19. The molecule has 0 amide bonds. The average Bonchev–Trinajstić information content (AvgIpc) is 3.00. The van der Waals surface area contributed by atoms with Crippen LogP contribution < -0.4 is 5.32 Å². The van der Waals surface area contributed by atoms with Crippen molar-refractivity contribution >= 4 is 11.3 Å². The third kappa shape index (κ3) is 2.57. The Balaban J connectivity index is 1.68. The molecular formula is C12H16N4S. The molecule has 0 unspecified atom stereocenters. The van der Waals surface area contributed by atoms with Gasteiger partial charge in [0.25, 0.3) is 0 Å². The summed E-state index contributed by atoms with van der Waals surface area (Å²) in [5, 5.41) is 7.56.